The van der Waals surface area contributed by atoms with Gasteiger partial charge in [0.25, 0.3) is 0 Å². The van der Waals surface area contributed by atoms with Crippen molar-refractivity contribution >= 4 is 0 Å². The van der Waals surface area contributed by atoms with Gasteiger partial charge in [0.2, 0.25) is 0 Å². The average molecular weight is 312 g/mol. The molecule has 4 nitrogen and oxygen atoms in total. The summed E-state index contributed by atoms with van der Waals surface area (Å²) in [5, 5.41) is 0. The van der Waals surface area contributed by atoms with E-state index in [9.17, 15) is 0 Å². The molecule has 0 aromatic heterocycles. The molecule has 22 heavy (non-hydrogen) atoms. The summed E-state index contributed by atoms with van der Waals surface area (Å²) in [6, 6.07) is 0. The van der Waals surface area contributed by atoms with Gasteiger partial charge in [-0.05, 0) is 39.5 Å². The van der Waals surface area contributed by atoms with Crippen LogP contribution >= 0.6 is 0 Å². The molecular weight excluding hydrogens is 280 g/mol. The summed E-state index contributed by atoms with van der Waals surface area (Å²) in [4.78, 5) is 0. The van der Waals surface area contributed by atoms with E-state index >= 15 is 0 Å². The summed E-state index contributed by atoms with van der Waals surface area (Å²) in [7, 11) is 0. The van der Waals surface area contributed by atoms with E-state index in [1.165, 1.54) is 25.7 Å². The van der Waals surface area contributed by atoms with Crippen molar-refractivity contribution in [2.45, 2.75) is 90.0 Å². The Balaban J connectivity index is 1.82. The van der Waals surface area contributed by atoms with Gasteiger partial charge in [0.15, 0.2) is 12.1 Å². The molecule has 2 unspecified atom stereocenters. The van der Waals surface area contributed by atoms with Crippen LogP contribution in [0.3, 0.4) is 0 Å². The first-order valence-corrected chi connectivity index (χ1v) is 8.86. The van der Waals surface area contributed by atoms with E-state index in [4.69, 9.17) is 18.9 Å². The maximum atomic E-state index is 6.14. The Hall–Kier alpha value is -0.420. The van der Waals surface area contributed by atoms with Crippen molar-refractivity contribution in [1.29, 1.82) is 0 Å². The lowest BCUT2D eigenvalue weighted by Crippen LogP contribution is -2.27. The highest BCUT2D eigenvalue weighted by Gasteiger charge is 2.31. The first kappa shape index (κ1) is 17.9. The second-order valence-electron chi connectivity index (χ2n) is 6.72. The molecule has 0 amide bonds. The molecule has 0 bridgehead atoms. The molecule has 2 fully saturated rings. The van der Waals surface area contributed by atoms with Gasteiger partial charge in [0.1, 0.15) is 6.10 Å². The van der Waals surface area contributed by atoms with Crippen LogP contribution in [0.1, 0.15) is 65.7 Å². The number of hydrogen-bond acceptors (Lipinski definition) is 4. The lowest BCUT2D eigenvalue weighted by molar-refractivity contribution is -0.179. The quantitative estimate of drug-likeness (QED) is 0.497. The molecule has 4 heteroatoms. The van der Waals surface area contributed by atoms with E-state index < -0.39 is 5.79 Å². The molecule has 0 aromatic rings. The number of ether oxygens (including phenoxy) is 4. The van der Waals surface area contributed by atoms with Gasteiger partial charge in [0.05, 0.1) is 12.7 Å². The average Bonchev–Trinajstić information content (AvgIpc) is 2.85. The fourth-order valence-corrected chi connectivity index (χ4v) is 2.88. The fourth-order valence-electron chi connectivity index (χ4n) is 2.88. The largest absolute Gasteiger partial charge is 0.353 e. The maximum absolute atomic E-state index is 6.14. The monoisotopic (exact) mass is 312 g/mol. The highest BCUT2D eigenvalue weighted by Crippen LogP contribution is 2.24. The van der Waals surface area contributed by atoms with Crippen molar-refractivity contribution in [2.75, 3.05) is 13.2 Å². The van der Waals surface area contributed by atoms with Crippen molar-refractivity contribution < 1.29 is 18.9 Å². The zero-order chi connectivity index (χ0) is 15.8. The van der Waals surface area contributed by atoms with Gasteiger partial charge in [-0.15, -0.1) is 0 Å². The zero-order valence-corrected chi connectivity index (χ0v) is 14.4. The molecule has 0 saturated carbocycles. The topological polar surface area (TPSA) is 36.9 Å². The lowest BCUT2D eigenvalue weighted by Gasteiger charge is -2.26. The molecule has 2 rings (SSSR count). The third-order valence-corrected chi connectivity index (χ3v) is 4.13. The maximum Gasteiger partial charge on any atom is 0.163 e. The van der Waals surface area contributed by atoms with Crippen LogP contribution in [0.25, 0.3) is 0 Å². The first-order valence-electron chi connectivity index (χ1n) is 8.86. The van der Waals surface area contributed by atoms with Crippen LogP contribution in [0.4, 0.5) is 0 Å². The number of unbranched alkanes of at least 4 members (excludes halogenated alkanes) is 2. The predicted octanol–water partition coefficient (Wildman–Crippen LogP) is 4.19. The summed E-state index contributed by atoms with van der Waals surface area (Å²) >= 11 is 0. The second-order valence-corrected chi connectivity index (χ2v) is 6.72. The van der Waals surface area contributed by atoms with Gasteiger partial charge < -0.3 is 18.9 Å². The Morgan fingerprint density at radius 1 is 1.27 bits per heavy atom. The van der Waals surface area contributed by atoms with Gasteiger partial charge in [-0.25, -0.2) is 0 Å². The fraction of sp³-hybridized carbons (Fsp3) is 0.889. The Kier molecular flexibility index (Phi) is 7.35. The van der Waals surface area contributed by atoms with E-state index in [1.54, 1.807) is 0 Å². The molecule has 0 aromatic carbocycles. The standard InChI is InChI=1S/C18H32O4/c1-4-5-6-9-15(21-17-10-7-8-13-19-17)11-12-16-14-20-18(2,3)22-16/h11-12,15-17H,4-10,13-14H2,1-3H3/b12-11+/t15?,16-,17?/m0/s1. The van der Waals surface area contributed by atoms with Crippen LogP contribution in [-0.4, -0.2) is 37.5 Å². The van der Waals surface area contributed by atoms with Gasteiger partial charge in [-0.2, -0.15) is 0 Å². The van der Waals surface area contributed by atoms with E-state index in [2.05, 4.69) is 19.1 Å². The second kappa shape index (κ2) is 9.02. The minimum Gasteiger partial charge on any atom is -0.353 e. The highest BCUT2D eigenvalue weighted by atomic mass is 16.7. The SMILES string of the molecule is CCCCCC(/C=C/[C@H]1COC(C)(C)O1)OC1CCCCO1. The van der Waals surface area contributed by atoms with Crippen LogP contribution in [-0.2, 0) is 18.9 Å². The van der Waals surface area contributed by atoms with Crippen LogP contribution < -0.4 is 0 Å². The molecular formula is C18H32O4. The first-order chi connectivity index (χ1) is 10.6. The molecule has 0 N–H and O–H groups in total. The molecule has 2 saturated heterocycles. The van der Waals surface area contributed by atoms with Crippen molar-refractivity contribution in [2.24, 2.45) is 0 Å². The molecule has 128 valence electrons. The van der Waals surface area contributed by atoms with Crippen molar-refractivity contribution in [1.82, 2.24) is 0 Å². The number of hydrogen-bond donors (Lipinski definition) is 0. The molecule has 0 aliphatic carbocycles. The normalized spacial score (nSPS) is 30.0. The van der Waals surface area contributed by atoms with Crippen molar-refractivity contribution in [3.05, 3.63) is 12.2 Å². The van der Waals surface area contributed by atoms with E-state index in [1.807, 2.05) is 13.8 Å². The zero-order valence-electron chi connectivity index (χ0n) is 14.4. The Morgan fingerprint density at radius 2 is 2.14 bits per heavy atom. The molecule has 0 spiro atoms. The number of rotatable bonds is 8. The summed E-state index contributed by atoms with van der Waals surface area (Å²) in [5.41, 5.74) is 0. The molecule has 2 heterocycles. The van der Waals surface area contributed by atoms with E-state index in [0.29, 0.717) is 6.61 Å². The summed E-state index contributed by atoms with van der Waals surface area (Å²) in [5.74, 6) is -0.472. The van der Waals surface area contributed by atoms with E-state index in [0.717, 1.165) is 25.9 Å². The van der Waals surface area contributed by atoms with Crippen LogP contribution in [0.5, 0.6) is 0 Å². The van der Waals surface area contributed by atoms with E-state index in [-0.39, 0.29) is 18.5 Å². The molecule has 2 aliphatic heterocycles. The van der Waals surface area contributed by atoms with Gasteiger partial charge in [-0.1, -0.05) is 38.3 Å². The van der Waals surface area contributed by atoms with Gasteiger partial charge in [-0.3, -0.25) is 0 Å². The van der Waals surface area contributed by atoms with Crippen LogP contribution in [0, 0.1) is 0 Å². The van der Waals surface area contributed by atoms with Crippen molar-refractivity contribution in [3.63, 3.8) is 0 Å². The third-order valence-electron chi connectivity index (χ3n) is 4.13. The Bertz CT molecular complexity index is 334. The minimum atomic E-state index is -0.472. The Labute approximate surface area is 135 Å². The molecule has 2 aliphatic rings. The summed E-state index contributed by atoms with van der Waals surface area (Å²) in [6.45, 7) is 7.56. The van der Waals surface area contributed by atoms with Gasteiger partial charge >= 0.3 is 0 Å². The predicted molar refractivity (Wildman–Crippen MR) is 86.7 cm³/mol. The Morgan fingerprint density at radius 3 is 2.77 bits per heavy atom. The summed E-state index contributed by atoms with van der Waals surface area (Å²) < 4.78 is 23.3. The summed E-state index contributed by atoms with van der Waals surface area (Å²) in [6.07, 6.45) is 12.4. The van der Waals surface area contributed by atoms with Crippen LogP contribution in [0.2, 0.25) is 0 Å². The van der Waals surface area contributed by atoms with Crippen molar-refractivity contribution in [3.8, 4) is 0 Å². The minimum absolute atomic E-state index is 0.0274. The van der Waals surface area contributed by atoms with Gasteiger partial charge in [0, 0.05) is 6.61 Å². The third kappa shape index (κ3) is 6.37. The smallest absolute Gasteiger partial charge is 0.163 e. The molecule has 3 atom stereocenters. The van der Waals surface area contributed by atoms with Crippen LogP contribution in [0.15, 0.2) is 12.2 Å². The lowest BCUT2D eigenvalue weighted by atomic mass is 10.1. The highest BCUT2D eigenvalue weighted by molar-refractivity contribution is 4.97. The molecule has 0 radical (unpaired) electrons.